The van der Waals surface area contributed by atoms with Crippen molar-refractivity contribution in [3.8, 4) is 11.5 Å². The lowest BCUT2D eigenvalue weighted by Gasteiger charge is -2.40. The monoisotopic (exact) mass is 480 g/mol. The molecule has 1 aromatic rings. The van der Waals surface area contributed by atoms with Gasteiger partial charge in [0, 0.05) is 24.7 Å². The van der Waals surface area contributed by atoms with Gasteiger partial charge in [-0.2, -0.15) is 4.31 Å². The molecule has 3 aliphatic rings. The number of piperidine rings is 1. The number of carbonyl (C=O) groups excluding carboxylic acids is 2. The van der Waals surface area contributed by atoms with Crippen molar-refractivity contribution in [2.24, 2.45) is 0 Å². The molecule has 0 bridgehead atoms. The number of hydrogen-bond donors (Lipinski definition) is 0. The molecule has 33 heavy (non-hydrogen) atoms. The van der Waals surface area contributed by atoms with Gasteiger partial charge in [0.25, 0.3) is 5.91 Å². The van der Waals surface area contributed by atoms with Crippen LogP contribution in [0.1, 0.15) is 52.9 Å². The van der Waals surface area contributed by atoms with Crippen molar-refractivity contribution in [1.82, 2.24) is 9.21 Å². The number of esters is 1. The first kappa shape index (κ1) is 23.8. The van der Waals surface area contributed by atoms with Crippen LogP contribution in [0.2, 0.25) is 0 Å². The zero-order valence-corrected chi connectivity index (χ0v) is 20.2. The van der Waals surface area contributed by atoms with Gasteiger partial charge in [0.05, 0.1) is 4.90 Å². The molecule has 182 valence electrons. The fourth-order valence-electron chi connectivity index (χ4n) is 4.95. The summed E-state index contributed by atoms with van der Waals surface area (Å²) in [7, 11) is -3.96. The molecule has 3 aliphatic heterocycles. The third-order valence-electron chi connectivity index (χ3n) is 6.68. The van der Waals surface area contributed by atoms with Crippen LogP contribution in [-0.2, 0) is 24.3 Å². The lowest BCUT2D eigenvalue weighted by Crippen LogP contribution is -2.52. The average Bonchev–Trinajstić information content (AvgIpc) is 3.29. The minimum absolute atomic E-state index is 0.0338. The minimum Gasteiger partial charge on any atom is -0.486 e. The number of nitrogens with zero attached hydrogens (tertiary/aromatic N) is 2. The van der Waals surface area contributed by atoms with E-state index >= 15 is 0 Å². The topological polar surface area (TPSA) is 102 Å². The van der Waals surface area contributed by atoms with Gasteiger partial charge in [-0.05, 0) is 65.0 Å². The lowest BCUT2D eigenvalue weighted by atomic mass is 9.97. The van der Waals surface area contributed by atoms with Gasteiger partial charge in [-0.15, -0.1) is 0 Å². The summed E-state index contributed by atoms with van der Waals surface area (Å²) in [4.78, 5) is 27.8. The van der Waals surface area contributed by atoms with Crippen LogP contribution in [-0.4, -0.2) is 73.5 Å². The van der Waals surface area contributed by atoms with Crippen LogP contribution < -0.4 is 9.47 Å². The second kappa shape index (κ2) is 9.50. The SMILES string of the molecule is C[C@H](OC(=O)[C@H]1CCCN1S(=O)(=O)c1ccc2c(c1)OCCO2)C(=O)N1[C@@H](C)CCC[C@@H]1C. The zero-order valence-electron chi connectivity index (χ0n) is 19.4. The highest BCUT2D eigenvalue weighted by Crippen LogP contribution is 2.35. The number of sulfonamides is 1. The summed E-state index contributed by atoms with van der Waals surface area (Å²) in [5, 5.41) is 0. The van der Waals surface area contributed by atoms with Crippen LogP contribution in [0.4, 0.5) is 0 Å². The van der Waals surface area contributed by atoms with Gasteiger partial charge in [0.15, 0.2) is 17.6 Å². The molecule has 1 amide bonds. The summed E-state index contributed by atoms with van der Waals surface area (Å²) in [5.41, 5.74) is 0. The van der Waals surface area contributed by atoms with Gasteiger partial charge in [0.1, 0.15) is 19.3 Å². The number of fused-ring (bicyclic) bond motifs is 1. The standard InChI is InChI=1S/C23H32N2O7S/c1-15-6-4-7-16(2)25(15)22(26)17(3)32-23(27)19-8-5-11-24(19)33(28,29)18-9-10-20-21(14-18)31-13-12-30-20/h9-10,14-17,19H,4-8,11-13H2,1-3H3/t15-,16-,17-,19+/m0/s1. The first-order valence-corrected chi connectivity index (χ1v) is 13.1. The fraction of sp³-hybridized carbons (Fsp3) is 0.652. The predicted octanol–water partition coefficient (Wildman–Crippen LogP) is 2.33. The number of ether oxygens (including phenoxy) is 3. The molecule has 0 radical (unpaired) electrons. The number of hydrogen-bond acceptors (Lipinski definition) is 7. The molecule has 4 atom stereocenters. The number of benzene rings is 1. The van der Waals surface area contributed by atoms with Crippen molar-refractivity contribution >= 4 is 21.9 Å². The molecule has 1 aromatic carbocycles. The van der Waals surface area contributed by atoms with Crippen LogP contribution in [0.5, 0.6) is 11.5 Å². The molecule has 2 fully saturated rings. The molecule has 0 spiro atoms. The second-order valence-electron chi connectivity index (χ2n) is 9.03. The van der Waals surface area contributed by atoms with Crippen molar-refractivity contribution in [2.45, 2.75) is 82.0 Å². The summed E-state index contributed by atoms with van der Waals surface area (Å²) in [6.45, 7) is 6.52. The summed E-state index contributed by atoms with van der Waals surface area (Å²) >= 11 is 0. The first-order chi connectivity index (χ1) is 15.7. The van der Waals surface area contributed by atoms with Crippen molar-refractivity contribution < 1.29 is 32.2 Å². The molecule has 2 saturated heterocycles. The van der Waals surface area contributed by atoms with E-state index in [1.165, 1.54) is 16.4 Å². The number of carbonyl (C=O) groups is 2. The number of likely N-dealkylation sites (tertiary alicyclic amines) is 1. The van der Waals surface area contributed by atoms with E-state index in [4.69, 9.17) is 14.2 Å². The molecule has 0 saturated carbocycles. The molecule has 3 heterocycles. The van der Waals surface area contributed by atoms with Crippen LogP contribution >= 0.6 is 0 Å². The van der Waals surface area contributed by atoms with Crippen molar-refractivity contribution in [1.29, 1.82) is 0 Å². The highest BCUT2D eigenvalue weighted by atomic mass is 32.2. The molecule has 0 aromatic heterocycles. The molecule has 0 aliphatic carbocycles. The van der Waals surface area contributed by atoms with E-state index in [1.54, 1.807) is 17.9 Å². The summed E-state index contributed by atoms with van der Waals surface area (Å²) < 4.78 is 44.3. The van der Waals surface area contributed by atoms with E-state index in [0.717, 1.165) is 19.3 Å². The maximum Gasteiger partial charge on any atom is 0.325 e. The van der Waals surface area contributed by atoms with E-state index in [9.17, 15) is 18.0 Å². The Morgan fingerprint density at radius 3 is 2.39 bits per heavy atom. The summed E-state index contributed by atoms with van der Waals surface area (Å²) in [5.74, 6) is -0.0650. The van der Waals surface area contributed by atoms with E-state index in [2.05, 4.69) is 0 Å². The maximum absolute atomic E-state index is 13.3. The van der Waals surface area contributed by atoms with Gasteiger partial charge in [-0.25, -0.2) is 8.42 Å². The van der Waals surface area contributed by atoms with Gasteiger partial charge < -0.3 is 19.1 Å². The Bertz CT molecular complexity index is 1000. The smallest absolute Gasteiger partial charge is 0.325 e. The minimum atomic E-state index is -3.96. The highest BCUT2D eigenvalue weighted by molar-refractivity contribution is 7.89. The van der Waals surface area contributed by atoms with E-state index in [0.29, 0.717) is 37.6 Å². The van der Waals surface area contributed by atoms with E-state index in [-0.39, 0.29) is 29.4 Å². The maximum atomic E-state index is 13.3. The van der Waals surface area contributed by atoms with Gasteiger partial charge in [-0.1, -0.05) is 0 Å². The highest BCUT2D eigenvalue weighted by Gasteiger charge is 2.42. The van der Waals surface area contributed by atoms with E-state index < -0.39 is 28.1 Å². The van der Waals surface area contributed by atoms with Crippen LogP contribution in [0.15, 0.2) is 23.1 Å². The Morgan fingerprint density at radius 2 is 1.70 bits per heavy atom. The number of rotatable bonds is 5. The Kier molecular flexibility index (Phi) is 6.86. The molecule has 9 nitrogen and oxygen atoms in total. The number of amides is 1. The summed E-state index contributed by atoms with van der Waals surface area (Å²) in [6.07, 6.45) is 2.81. The van der Waals surface area contributed by atoms with Crippen molar-refractivity contribution in [3.05, 3.63) is 18.2 Å². The third-order valence-corrected chi connectivity index (χ3v) is 8.59. The molecular weight excluding hydrogens is 448 g/mol. The predicted molar refractivity (Wildman–Crippen MR) is 120 cm³/mol. The molecule has 4 rings (SSSR count). The van der Waals surface area contributed by atoms with Crippen LogP contribution in [0.25, 0.3) is 0 Å². The van der Waals surface area contributed by atoms with E-state index in [1.807, 2.05) is 13.8 Å². The van der Waals surface area contributed by atoms with Crippen LogP contribution in [0, 0.1) is 0 Å². The normalized spacial score (nSPS) is 26.6. The quantitative estimate of drug-likeness (QED) is 0.596. The van der Waals surface area contributed by atoms with Crippen molar-refractivity contribution in [2.75, 3.05) is 19.8 Å². The summed E-state index contributed by atoms with van der Waals surface area (Å²) in [6, 6.07) is 3.65. The second-order valence-corrected chi connectivity index (χ2v) is 10.9. The van der Waals surface area contributed by atoms with Crippen molar-refractivity contribution in [3.63, 3.8) is 0 Å². The molecule has 0 N–H and O–H groups in total. The Balaban J connectivity index is 1.47. The largest absolute Gasteiger partial charge is 0.486 e. The van der Waals surface area contributed by atoms with Gasteiger partial charge in [-0.3, -0.25) is 9.59 Å². The first-order valence-electron chi connectivity index (χ1n) is 11.6. The zero-order chi connectivity index (χ0) is 23.8. The Labute approximate surface area is 195 Å². The molecular formula is C23H32N2O7S. The fourth-order valence-corrected chi connectivity index (χ4v) is 6.61. The Morgan fingerprint density at radius 1 is 1.03 bits per heavy atom. The molecule has 10 heteroatoms. The third kappa shape index (κ3) is 4.68. The Hall–Kier alpha value is -2.33. The van der Waals surface area contributed by atoms with Crippen LogP contribution in [0.3, 0.4) is 0 Å². The average molecular weight is 481 g/mol. The van der Waals surface area contributed by atoms with Gasteiger partial charge in [0.2, 0.25) is 10.0 Å². The lowest BCUT2D eigenvalue weighted by molar-refractivity contribution is -0.164. The van der Waals surface area contributed by atoms with Gasteiger partial charge >= 0.3 is 5.97 Å². The molecule has 0 unspecified atom stereocenters.